The third kappa shape index (κ3) is 3.69. The third-order valence-electron chi connectivity index (χ3n) is 2.57. The van der Waals surface area contributed by atoms with Gasteiger partial charge in [0.05, 0.1) is 6.54 Å². The average Bonchev–Trinajstić information content (AvgIpc) is 2.34. The van der Waals surface area contributed by atoms with Gasteiger partial charge in [-0.1, -0.05) is 6.07 Å². The van der Waals surface area contributed by atoms with Crippen LogP contribution in [0.1, 0.15) is 11.4 Å². The first-order chi connectivity index (χ1) is 9.04. The van der Waals surface area contributed by atoms with Crippen LogP contribution in [-0.2, 0) is 13.1 Å². The van der Waals surface area contributed by atoms with Gasteiger partial charge in [-0.3, -0.25) is 4.90 Å². The van der Waals surface area contributed by atoms with E-state index in [9.17, 15) is 8.78 Å². The summed E-state index contributed by atoms with van der Waals surface area (Å²) in [4.78, 5) is 10.1. The van der Waals surface area contributed by atoms with Crippen molar-refractivity contribution in [2.75, 3.05) is 12.8 Å². The highest BCUT2D eigenvalue weighted by Crippen LogP contribution is 2.11. The van der Waals surface area contributed by atoms with E-state index in [4.69, 9.17) is 5.73 Å². The molecule has 2 aromatic rings. The van der Waals surface area contributed by atoms with Crippen molar-refractivity contribution < 1.29 is 8.78 Å². The van der Waals surface area contributed by atoms with Crippen molar-refractivity contribution in [3.63, 3.8) is 0 Å². The highest BCUT2D eigenvalue weighted by molar-refractivity contribution is 5.25. The summed E-state index contributed by atoms with van der Waals surface area (Å²) < 4.78 is 25.9. The number of nitrogens with zero attached hydrogens (tertiary/aromatic N) is 3. The Kier molecular flexibility index (Phi) is 4.01. The third-order valence-corrected chi connectivity index (χ3v) is 2.57. The normalized spacial score (nSPS) is 10.9. The number of aromatic nitrogens is 2. The van der Waals surface area contributed by atoms with Crippen LogP contribution in [0.4, 0.5) is 14.6 Å². The molecule has 0 saturated carbocycles. The lowest BCUT2D eigenvalue weighted by Gasteiger charge is -2.15. The van der Waals surface area contributed by atoms with E-state index in [1.807, 2.05) is 11.9 Å². The van der Waals surface area contributed by atoms with Crippen LogP contribution < -0.4 is 5.73 Å². The summed E-state index contributed by atoms with van der Waals surface area (Å²) in [6.07, 6.45) is 1.59. The number of nitrogens with two attached hydrogens (primary N) is 1. The van der Waals surface area contributed by atoms with Crippen LogP contribution in [0.2, 0.25) is 0 Å². The van der Waals surface area contributed by atoms with E-state index < -0.39 is 11.6 Å². The molecule has 4 nitrogen and oxygen atoms in total. The predicted molar refractivity (Wildman–Crippen MR) is 68.0 cm³/mol. The molecule has 0 aliphatic carbocycles. The van der Waals surface area contributed by atoms with Gasteiger partial charge in [0.25, 0.3) is 0 Å². The Hall–Kier alpha value is -2.08. The molecule has 1 aromatic carbocycles. The van der Waals surface area contributed by atoms with Crippen molar-refractivity contribution in [2.45, 2.75) is 13.1 Å². The Morgan fingerprint density at radius 2 is 1.95 bits per heavy atom. The van der Waals surface area contributed by atoms with Crippen molar-refractivity contribution in [3.05, 3.63) is 53.5 Å². The van der Waals surface area contributed by atoms with E-state index in [0.717, 1.165) is 6.07 Å². The minimum absolute atomic E-state index is 0.409. The van der Waals surface area contributed by atoms with E-state index in [0.29, 0.717) is 30.3 Å². The van der Waals surface area contributed by atoms with Gasteiger partial charge in [-0.25, -0.2) is 18.7 Å². The van der Waals surface area contributed by atoms with Gasteiger partial charge in [-0.15, -0.1) is 0 Å². The minimum atomic E-state index is -0.842. The molecule has 0 spiro atoms. The molecule has 0 aliphatic heterocycles. The van der Waals surface area contributed by atoms with Crippen LogP contribution in [0, 0.1) is 11.6 Å². The zero-order valence-corrected chi connectivity index (χ0v) is 10.5. The van der Waals surface area contributed by atoms with Gasteiger partial charge in [0.15, 0.2) is 11.6 Å². The van der Waals surface area contributed by atoms with Gasteiger partial charge in [-0.2, -0.15) is 0 Å². The molecule has 0 aliphatic rings. The summed E-state index contributed by atoms with van der Waals surface area (Å²) in [5.41, 5.74) is 6.25. The van der Waals surface area contributed by atoms with Crippen LogP contribution in [0.15, 0.2) is 30.5 Å². The Balaban J connectivity index is 2.01. The smallest absolute Gasteiger partial charge is 0.159 e. The molecule has 100 valence electrons. The molecule has 0 radical (unpaired) electrons. The number of benzene rings is 1. The molecule has 6 heteroatoms. The highest BCUT2D eigenvalue weighted by atomic mass is 19.2. The Morgan fingerprint density at radius 1 is 1.16 bits per heavy atom. The summed E-state index contributed by atoms with van der Waals surface area (Å²) in [6.45, 7) is 0.944. The maximum Gasteiger partial charge on any atom is 0.159 e. The number of anilines is 1. The first-order valence-electron chi connectivity index (χ1n) is 5.74. The van der Waals surface area contributed by atoms with Crippen molar-refractivity contribution in [1.29, 1.82) is 0 Å². The van der Waals surface area contributed by atoms with Gasteiger partial charge in [0.1, 0.15) is 11.6 Å². The molecule has 2 rings (SSSR count). The van der Waals surface area contributed by atoms with E-state index in [1.54, 1.807) is 18.3 Å². The number of halogens is 2. The van der Waals surface area contributed by atoms with E-state index in [-0.39, 0.29) is 0 Å². The van der Waals surface area contributed by atoms with E-state index in [1.165, 1.54) is 6.07 Å². The Bertz CT molecular complexity index is 574. The van der Waals surface area contributed by atoms with Crippen LogP contribution in [0.5, 0.6) is 0 Å². The second-order valence-corrected chi connectivity index (χ2v) is 4.32. The van der Waals surface area contributed by atoms with Crippen molar-refractivity contribution in [2.24, 2.45) is 0 Å². The quantitative estimate of drug-likeness (QED) is 0.917. The van der Waals surface area contributed by atoms with Crippen molar-refractivity contribution >= 4 is 5.82 Å². The summed E-state index contributed by atoms with van der Waals surface area (Å²) >= 11 is 0. The molecule has 0 bridgehead atoms. The summed E-state index contributed by atoms with van der Waals surface area (Å²) in [6, 6.07) is 5.47. The predicted octanol–water partition coefficient (Wildman–Crippen LogP) is 1.97. The highest BCUT2D eigenvalue weighted by Gasteiger charge is 2.07. The zero-order chi connectivity index (χ0) is 13.8. The number of rotatable bonds is 4. The fourth-order valence-electron chi connectivity index (χ4n) is 1.74. The van der Waals surface area contributed by atoms with Crippen LogP contribution >= 0.6 is 0 Å². The van der Waals surface area contributed by atoms with Gasteiger partial charge in [0.2, 0.25) is 0 Å². The van der Waals surface area contributed by atoms with Crippen molar-refractivity contribution in [1.82, 2.24) is 14.9 Å². The summed E-state index contributed by atoms with van der Waals surface area (Å²) in [5, 5.41) is 0. The molecule has 0 amide bonds. The second-order valence-electron chi connectivity index (χ2n) is 4.32. The summed E-state index contributed by atoms with van der Waals surface area (Å²) in [5.74, 6) is -0.687. The Morgan fingerprint density at radius 3 is 2.63 bits per heavy atom. The van der Waals surface area contributed by atoms with E-state index >= 15 is 0 Å². The van der Waals surface area contributed by atoms with Crippen LogP contribution in [-0.4, -0.2) is 21.9 Å². The van der Waals surface area contributed by atoms with Crippen molar-refractivity contribution in [3.8, 4) is 0 Å². The largest absolute Gasteiger partial charge is 0.384 e. The van der Waals surface area contributed by atoms with E-state index in [2.05, 4.69) is 9.97 Å². The molecule has 1 aromatic heterocycles. The lowest BCUT2D eigenvalue weighted by molar-refractivity contribution is 0.310. The average molecular weight is 264 g/mol. The molecule has 19 heavy (non-hydrogen) atoms. The van der Waals surface area contributed by atoms with Crippen LogP contribution in [0.3, 0.4) is 0 Å². The van der Waals surface area contributed by atoms with Crippen LogP contribution in [0.25, 0.3) is 0 Å². The minimum Gasteiger partial charge on any atom is -0.384 e. The molecule has 0 saturated heterocycles. The summed E-state index contributed by atoms with van der Waals surface area (Å²) in [7, 11) is 1.84. The standard InChI is InChI=1S/C13H14F2N4/c1-19(8-13-17-5-4-12(16)18-13)7-9-2-3-10(14)11(15)6-9/h2-6H,7-8H2,1H3,(H2,16,17,18). The molecule has 2 N–H and O–H groups in total. The molecular formula is C13H14F2N4. The molecule has 0 atom stereocenters. The molecule has 1 heterocycles. The fourth-order valence-corrected chi connectivity index (χ4v) is 1.74. The topological polar surface area (TPSA) is 55.0 Å². The monoisotopic (exact) mass is 264 g/mol. The molecular weight excluding hydrogens is 250 g/mol. The number of hydrogen-bond acceptors (Lipinski definition) is 4. The SMILES string of the molecule is CN(Cc1ccc(F)c(F)c1)Cc1nccc(N)n1. The lowest BCUT2D eigenvalue weighted by Crippen LogP contribution is -2.19. The van der Waals surface area contributed by atoms with Gasteiger partial charge < -0.3 is 5.73 Å². The maximum atomic E-state index is 13.1. The van der Waals surface area contributed by atoms with Gasteiger partial charge in [-0.05, 0) is 30.8 Å². The first-order valence-corrected chi connectivity index (χ1v) is 5.74. The lowest BCUT2D eigenvalue weighted by atomic mass is 10.2. The number of hydrogen-bond donors (Lipinski definition) is 1. The fraction of sp³-hybridized carbons (Fsp3) is 0.231. The second kappa shape index (κ2) is 5.71. The first kappa shape index (κ1) is 13.4. The zero-order valence-electron chi connectivity index (χ0n) is 10.5. The Labute approximate surface area is 109 Å². The maximum absolute atomic E-state index is 13.1. The molecule has 0 fully saturated rings. The number of nitrogen functional groups attached to an aromatic ring is 1. The van der Waals surface area contributed by atoms with Gasteiger partial charge in [0, 0.05) is 12.7 Å². The molecule has 0 unspecified atom stereocenters. The van der Waals surface area contributed by atoms with Gasteiger partial charge >= 0.3 is 0 Å².